The molecule has 1 aliphatic carbocycles. The maximum atomic E-state index is 12.7. The fraction of sp³-hybridized carbons (Fsp3) is 0.591. The summed E-state index contributed by atoms with van der Waals surface area (Å²) in [4.78, 5) is 48.0. The van der Waals surface area contributed by atoms with Crippen molar-refractivity contribution in [2.75, 3.05) is 0 Å². The van der Waals surface area contributed by atoms with Gasteiger partial charge < -0.3 is 15.4 Å². The highest BCUT2D eigenvalue weighted by Crippen LogP contribution is 2.23. The second-order valence-corrected chi connectivity index (χ2v) is 8.80. The zero-order valence-electron chi connectivity index (χ0n) is 18.6. The number of halogens is 1. The van der Waals surface area contributed by atoms with Gasteiger partial charge in [-0.15, -0.1) is 0 Å². The summed E-state index contributed by atoms with van der Waals surface area (Å²) >= 11 is 6.01. The van der Waals surface area contributed by atoms with E-state index < -0.39 is 28.9 Å². The van der Waals surface area contributed by atoms with Gasteiger partial charge in [0, 0.05) is 18.2 Å². The summed E-state index contributed by atoms with van der Waals surface area (Å²) in [7, 11) is 0. The van der Waals surface area contributed by atoms with Crippen LogP contribution < -0.4 is 10.6 Å². The Bertz CT molecular complexity index is 852. The van der Waals surface area contributed by atoms with E-state index in [4.69, 9.17) is 16.3 Å². The molecule has 176 valence electrons. The van der Waals surface area contributed by atoms with Crippen LogP contribution in [0.4, 0.5) is 5.69 Å². The summed E-state index contributed by atoms with van der Waals surface area (Å²) in [6.07, 6.45) is 5.25. The lowest BCUT2D eigenvalue weighted by Crippen LogP contribution is -2.48. The topological polar surface area (TPSA) is 128 Å². The molecular formula is C22H30ClN3O6. The van der Waals surface area contributed by atoms with E-state index in [1.807, 2.05) is 0 Å². The highest BCUT2D eigenvalue weighted by Gasteiger charge is 2.30. The Balaban J connectivity index is 2.00. The molecule has 0 heterocycles. The number of hydrogen-bond donors (Lipinski definition) is 2. The molecule has 9 nitrogen and oxygen atoms in total. The summed E-state index contributed by atoms with van der Waals surface area (Å²) in [5.41, 5.74) is -0.255. The molecule has 0 aliphatic heterocycles. The lowest BCUT2D eigenvalue weighted by atomic mass is 10.0. The first-order valence-electron chi connectivity index (χ1n) is 10.9. The van der Waals surface area contributed by atoms with Gasteiger partial charge in [-0.3, -0.25) is 19.7 Å². The average molecular weight is 468 g/mol. The van der Waals surface area contributed by atoms with Crippen LogP contribution in [0.15, 0.2) is 18.2 Å². The van der Waals surface area contributed by atoms with Gasteiger partial charge in [0.15, 0.2) is 6.10 Å². The molecule has 0 bridgehead atoms. The lowest BCUT2D eigenvalue weighted by Gasteiger charge is -2.24. The Hall–Kier alpha value is -2.68. The molecule has 0 saturated heterocycles. The minimum absolute atomic E-state index is 0.00475. The summed E-state index contributed by atoms with van der Waals surface area (Å²) in [5, 5.41) is 16.2. The zero-order chi connectivity index (χ0) is 23.8. The highest BCUT2D eigenvalue weighted by molar-refractivity contribution is 6.34. The molecule has 1 saturated carbocycles. The number of ether oxygens (including phenoxy) is 1. The summed E-state index contributed by atoms with van der Waals surface area (Å²) < 4.78 is 5.34. The molecule has 0 aromatic heterocycles. The van der Waals surface area contributed by atoms with Crippen molar-refractivity contribution in [1.82, 2.24) is 10.6 Å². The third-order valence-electron chi connectivity index (χ3n) is 5.48. The number of carbonyl (C=O) groups excluding carboxylic acids is 3. The maximum Gasteiger partial charge on any atom is 0.329 e. The Morgan fingerprint density at radius 2 is 1.75 bits per heavy atom. The Kier molecular flexibility index (Phi) is 9.43. The molecule has 32 heavy (non-hydrogen) atoms. The molecule has 0 radical (unpaired) electrons. The molecule has 0 unspecified atom stereocenters. The van der Waals surface area contributed by atoms with Gasteiger partial charge in [-0.2, -0.15) is 0 Å². The first-order valence-corrected chi connectivity index (χ1v) is 11.2. The second-order valence-electron chi connectivity index (χ2n) is 8.39. The molecule has 1 aromatic rings. The summed E-state index contributed by atoms with van der Waals surface area (Å²) in [6, 6.07) is 2.50. The largest absolute Gasteiger partial charge is 0.451 e. The van der Waals surface area contributed by atoms with Crippen LogP contribution in [0.1, 0.15) is 69.7 Å². The fourth-order valence-corrected chi connectivity index (χ4v) is 3.82. The number of amides is 2. The van der Waals surface area contributed by atoms with E-state index in [1.54, 1.807) is 13.8 Å². The molecule has 2 rings (SSSR count). The van der Waals surface area contributed by atoms with Crippen LogP contribution in [-0.2, 0) is 14.3 Å². The average Bonchev–Trinajstić information content (AvgIpc) is 2.99. The van der Waals surface area contributed by atoms with E-state index in [0.29, 0.717) is 0 Å². The van der Waals surface area contributed by atoms with E-state index in [2.05, 4.69) is 10.6 Å². The van der Waals surface area contributed by atoms with Gasteiger partial charge in [0.2, 0.25) is 0 Å². The fourth-order valence-electron chi connectivity index (χ4n) is 3.56. The minimum Gasteiger partial charge on any atom is -0.451 e. The smallest absolute Gasteiger partial charge is 0.329 e. The van der Waals surface area contributed by atoms with Crippen LogP contribution in [0.3, 0.4) is 0 Å². The molecule has 1 fully saturated rings. The number of benzene rings is 1. The van der Waals surface area contributed by atoms with Crippen molar-refractivity contribution in [1.29, 1.82) is 0 Å². The molecule has 1 aromatic carbocycles. The quantitative estimate of drug-likeness (QED) is 0.259. The Morgan fingerprint density at radius 1 is 1.12 bits per heavy atom. The molecule has 1 aliphatic rings. The minimum atomic E-state index is -1.03. The number of nitro groups is 1. The monoisotopic (exact) mass is 467 g/mol. The first kappa shape index (κ1) is 25.6. The molecule has 2 amide bonds. The van der Waals surface area contributed by atoms with Crippen LogP contribution in [-0.4, -0.2) is 40.9 Å². The van der Waals surface area contributed by atoms with E-state index >= 15 is 0 Å². The van der Waals surface area contributed by atoms with Gasteiger partial charge in [0.1, 0.15) is 6.04 Å². The van der Waals surface area contributed by atoms with Crippen molar-refractivity contribution in [2.45, 2.75) is 77.5 Å². The number of non-ortho nitro benzene ring substituents is 1. The van der Waals surface area contributed by atoms with Crippen LogP contribution >= 0.6 is 11.6 Å². The third kappa shape index (κ3) is 7.19. The van der Waals surface area contributed by atoms with E-state index in [9.17, 15) is 24.5 Å². The van der Waals surface area contributed by atoms with E-state index in [-0.39, 0.29) is 34.1 Å². The van der Waals surface area contributed by atoms with Gasteiger partial charge >= 0.3 is 5.97 Å². The number of nitro benzene ring substituents is 1. The normalized spacial score (nSPS) is 16.5. The van der Waals surface area contributed by atoms with Gasteiger partial charge in [-0.25, -0.2) is 4.79 Å². The highest BCUT2D eigenvalue weighted by atomic mass is 35.5. The van der Waals surface area contributed by atoms with Crippen molar-refractivity contribution in [3.63, 3.8) is 0 Å². The van der Waals surface area contributed by atoms with Gasteiger partial charge in [-0.05, 0) is 31.7 Å². The second kappa shape index (κ2) is 11.8. The zero-order valence-corrected chi connectivity index (χ0v) is 19.3. The molecule has 2 atom stereocenters. The van der Waals surface area contributed by atoms with Crippen LogP contribution in [0.5, 0.6) is 0 Å². The first-order chi connectivity index (χ1) is 15.1. The number of carbonyl (C=O) groups is 3. The summed E-state index contributed by atoms with van der Waals surface area (Å²) in [5.74, 6) is -2.11. The van der Waals surface area contributed by atoms with Crippen molar-refractivity contribution in [3.05, 3.63) is 38.9 Å². The van der Waals surface area contributed by atoms with Gasteiger partial charge in [0.25, 0.3) is 17.5 Å². The molecule has 10 heteroatoms. The predicted octanol–water partition coefficient (Wildman–Crippen LogP) is 3.77. The molecule has 0 spiro atoms. The Morgan fingerprint density at radius 3 is 2.28 bits per heavy atom. The third-order valence-corrected chi connectivity index (χ3v) is 5.79. The SMILES string of the molecule is CC(C)[C@H](NC(=O)c1ccc([N+](=O)[O-])cc1Cl)C(=O)O[C@H](C)C(=O)NC1CCCCCC1. The van der Waals surface area contributed by atoms with Gasteiger partial charge in [0.05, 0.1) is 15.5 Å². The lowest BCUT2D eigenvalue weighted by molar-refractivity contribution is -0.384. The molecular weight excluding hydrogens is 438 g/mol. The standard InChI is InChI=1S/C22H30ClN3O6/c1-13(2)19(25-21(28)17-11-10-16(26(30)31)12-18(17)23)22(29)32-14(3)20(27)24-15-8-6-4-5-7-9-15/h10-15,19H,4-9H2,1-3H3,(H,24,27)(H,25,28)/t14-,19+/m1/s1. The van der Waals surface area contributed by atoms with Crippen LogP contribution in [0.25, 0.3) is 0 Å². The number of nitrogens with zero attached hydrogens (tertiary/aromatic N) is 1. The summed E-state index contributed by atoms with van der Waals surface area (Å²) in [6.45, 7) is 4.94. The van der Waals surface area contributed by atoms with Crippen molar-refractivity contribution in [2.24, 2.45) is 5.92 Å². The Labute approximate surface area is 192 Å². The van der Waals surface area contributed by atoms with Crippen molar-refractivity contribution >= 4 is 35.1 Å². The maximum absolute atomic E-state index is 12.7. The van der Waals surface area contributed by atoms with Crippen molar-refractivity contribution < 1.29 is 24.0 Å². The molecule has 2 N–H and O–H groups in total. The number of hydrogen-bond acceptors (Lipinski definition) is 6. The number of rotatable bonds is 8. The van der Waals surface area contributed by atoms with Crippen LogP contribution in [0.2, 0.25) is 5.02 Å². The van der Waals surface area contributed by atoms with E-state index in [0.717, 1.165) is 50.7 Å². The number of nitrogens with one attached hydrogen (secondary N) is 2. The van der Waals surface area contributed by atoms with Crippen molar-refractivity contribution in [3.8, 4) is 0 Å². The number of esters is 1. The predicted molar refractivity (Wildman–Crippen MR) is 119 cm³/mol. The van der Waals surface area contributed by atoms with Crippen LogP contribution in [0, 0.1) is 16.0 Å². The van der Waals surface area contributed by atoms with Gasteiger partial charge in [-0.1, -0.05) is 51.1 Å². The van der Waals surface area contributed by atoms with E-state index in [1.165, 1.54) is 13.0 Å².